The molecule has 20 heavy (non-hydrogen) atoms. The molecule has 0 aliphatic rings. The molecule has 6 nitrogen and oxygen atoms in total. The molecule has 0 aliphatic carbocycles. The van der Waals surface area contributed by atoms with Gasteiger partial charge < -0.3 is 15.2 Å². The molecule has 0 bridgehead atoms. The van der Waals surface area contributed by atoms with Crippen molar-refractivity contribution >= 4 is 5.69 Å². The predicted molar refractivity (Wildman–Crippen MR) is 76.9 cm³/mol. The maximum Gasteiger partial charge on any atom is 0.273 e. The van der Waals surface area contributed by atoms with E-state index in [2.05, 4.69) is 5.32 Å². The molecule has 0 amide bonds. The third kappa shape index (κ3) is 3.91. The molecule has 1 aromatic rings. The Kier molecular flexibility index (Phi) is 4.73. The topological polar surface area (TPSA) is 84.6 Å². The zero-order chi connectivity index (χ0) is 15.6. The van der Waals surface area contributed by atoms with Crippen LogP contribution in [0.25, 0.3) is 0 Å². The first-order valence-electron chi connectivity index (χ1n) is 6.36. The van der Waals surface area contributed by atoms with Gasteiger partial charge in [-0.15, -0.1) is 0 Å². The molecule has 1 rings (SSSR count). The van der Waals surface area contributed by atoms with Crippen LogP contribution in [0.2, 0.25) is 0 Å². The van der Waals surface area contributed by atoms with E-state index in [1.807, 2.05) is 13.8 Å². The molecular weight excluding hydrogens is 260 g/mol. The van der Waals surface area contributed by atoms with Crippen molar-refractivity contribution in [2.45, 2.75) is 45.4 Å². The number of ether oxygens (including phenoxy) is 1. The molecule has 1 aromatic carbocycles. The van der Waals surface area contributed by atoms with Gasteiger partial charge in [-0.25, -0.2) is 0 Å². The number of hydrogen-bond donors (Lipinski definition) is 2. The van der Waals surface area contributed by atoms with Crippen LogP contribution >= 0.6 is 0 Å². The van der Waals surface area contributed by atoms with E-state index >= 15 is 0 Å². The smallest absolute Gasteiger partial charge is 0.273 e. The molecule has 112 valence electrons. The van der Waals surface area contributed by atoms with Crippen molar-refractivity contribution in [2.24, 2.45) is 0 Å². The SMILES string of the molecule is COc1cc(CNC(C)(C)C(C)(C)O)cc([N+](=O)[O-])c1. The number of nitro benzene ring substituents is 1. The fourth-order valence-corrected chi connectivity index (χ4v) is 1.51. The number of hydrogen-bond acceptors (Lipinski definition) is 5. The lowest BCUT2D eigenvalue weighted by Crippen LogP contribution is -2.55. The van der Waals surface area contributed by atoms with Gasteiger partial charge in [-0.05, 0) is 39.3 Å². The number of nitro groups is 1. The van der Waals surface area contributed by atoms with Crippen LogP contribution in [0.5, 0.6) is 5.75 Å². The summed E-state index contributed by atoms with van der Waals surface area (Å²) in [5.74, 6) is 0.442. The molecule has 0 heterocycles. The first-order chi connectivity index (χ1) is 9.06. The van der Waals surface area contributed by atoms with E-state index < -0.39 is 16.1 Å². The van der Waals surface area contributed by atoms with E-state index in [0.717, 1.165) is 5.56 Å². The van der Waals surface area contributed by atoms with Gasteiger partial charge in [0.1, 0.15) is 5.75 Å². The van der Waals surface area contributed by atoms with E-state index in [4.69, 9.17) is 4.74 Å². The molecule has 0 aromatic heterocycles. The van der Waals surface area contributed by atoms with Crippen molar-refractivity contribution in [3.63, 3.8) is 0 Å². The van der Waals surface area contributed by atoms with Crippen molar-refractivity contribution < 1.29 is 14.8 Å². The van der Waals surface area contributed by atoms with Gasteiger partial charge >= 0.3 is 0 Å². The summed E-state index contributed by atoms with van der Waals surface area (Å²) in [6.45, 7) is 7.58. The normalized spacial score (nSPS) is 12.3. The Bertz CT molecular complexity index is 492. The van der Waals surface area contributed by atoms with Crippen LogP contribution in [0.3, 0.4) is 0 Å². The van der Waals surface area contributed by atoms with Crippen molar-refractivity contribution in [1.29, 1.82) is 0 Å². The lowest BCUT2D eigenvalue weighted by molar-refractivity contribution is -0.385. The minimum atomic E-state index is -0.919. The summed E-state index contributed by atoms with van der Waals surface area (Å²) in [4.78, 5) is 10.4. The predicted octanol–water partition coefficient (Wildman–Crippen LogP) is 2.24. The van der Waals surface area contributed by atoms with Gasteiger partial charge in [0.15, 0.2) is 0 Å². The van der Waals surface area contributed by atoms with Gasteiger partial charge in [0, 0.05) is 18.2 Å². The minimum absolute atomic E-state index is 0.0118. The van der Waals surface area contributed by atoms with Crippen LogP contribution in [-0.4, -0.2) is 28.3 Å². The Morgan fingerprint density at radius 3 is 2.35 bits per heavy atom. The van der Waals surface area contributed by atoms with Crippen LogP contribution in [0.4, 0.5) is 5.69 Å². The third-order valence-corrected chi connectivity index (χ3v) is 3.66. The van der Waals surface area contributed by atoms with Crippen LogP contribution in [0, 0.1) is 10.1 Å². The second-order valence-electron chi connectivity index (χ2n) is 5.83. The molecule has 0 saturated heterocycles. The highest BCUT2D eigenvalue weighted by molar-refractivity contribution is 5.42. The Morgan fingerprint density at radius 2 is 1.90 bits per heavy atom. The number of methoxy groups -OCH3 is 1. The summed E-state index contributed by atoms with van der Waals surface area (Å²) >= 11 is 0. The first kappa shape index (κ1) is 16.4. The maximum atomic E-state index is 10.9. The lowest BCUT2D eigenvalue weighted by Gasteiger charge is -2.38. The summed E-state index contributed by atoms with van der Waals surface area (Å²) < 4.78 is 5.06. The number of aliphatic hydroxyl groups is 1. The number of nitrogens with zero attached hydrogens (tertiary/aromatic N) is 1. The summed E-state index contributed by atoms with van der Waals surface area (Å²) in [7, 11) is 1.47. The molecule has 0 atom stereocenters. The largest absolute Gasteiger partial charge is 0.496 e. The van der Waals surface area contributed by atoms with Gasteiger partial charge in [0.05, 0.1) is 23.7 Å². The van der Waals surface area contributed by atoms with E-state index in [1.165, 1.54) is 19.2 Å². The lowest BCUT2D eigenvalue weighted by atomic mass is 9.86. The molecule has 6 heteroatoms. The van der Waals surface area contributed by atoms with Gasteiger partial charge in [0.2, 0.25) is 0 Å². The Hall–Kier alpha value is -1.66. The standard InChI is InChI=1S/C14H22N2O4/c1-13(2,14(3,4)17)15-9-10-6-11(16(18)19)8-12(7-10)20-5/h6-8,15,17H,9H2,1-5H3. The molecule has 0 unspecified atom stereocenters. The van der Waals surface area contributed by atoms with Gasteiger partial charge in [-0.2, -0.15) is 0 Å². The first-order valence-corrected chi connectivity index (χ1v) is 6.36. The number of rotatable bonds is 6. The van der Waals surface area contributed by atoms with E-state index in [-0.39, 0.29) is 5.69 Å². The van der Waals surface area contributed by atoms with Crippen LogP contribution < -0.4 is 10.1 Å². The molecule has 0 aliphatic heterocycles. The second-order valence-corrected chi connectivity index (χ2v) is 5.83. The summed E-state index contributed by atoms with van der Waals surface area (Å²) in [6.07, 6.45) is 0. The Labute approximate surface area is 118 Å². The maximum absolute atomic E-state index is 10.9. The number of benzene rings is 1. The average Bonchev–Trinajstić information content (AvgIpc) is 2.34. The van der Waals surface area contributed by atoms with Crippen molar-refractivity contribution in [1.82, 2.24) is 5.32 Å². The van der Waals surface area contributed by atoms with E-state index in [9.17, 15) is 15.2 Å². The summed E-state index contributed by atoms with van der Waals surface area (Å²) in [5, 5.41) is 24.1. The van der Waals surface area contributed by atoms with E-state index in [1.54, 1.807) is 19.9 Å². The molecule has 0 fully saturated rings. The quantitative estimate of drug-likeness (QED) is 0.617. The summed E-state index contributed by atoms with van der Waals surface area (Å²) in [5.41, 5.74) is -0.738. The van der Waals surface area contributed by atoms with Gasteiger partial charge in [-0.3, -0.25) is 10.1 Å². The Morgan fingerprint density at radius 1 is 1.30 bits per heavy atom. The second kappa shape index (κ2) is 5.76. The average molecular weight is 282 g/mol. The highest BCUT2D eigenvalue weighted by atomic mass is 16.6. The summed E-state index contributed by atoms with van der Waals surface area (Å²) in [6, 6.07) is 4.61. The number of nitrogens with one attached hydrogen (secondary N) is 1. The van der Waals surface area contributed by atoms with Crippen LogP contribution in [0.1, 0.15) is 33.3 Å². The van der Waals surface area contributed by atoms with Gasteiger partial charge in [-0.1, -0.05) is 0 Å². The van der Waals surface area contributed by atoms with Crippen molar-refractivity contribution in [3.8, 4) is 5.75 Å². The monoisotopic (exact) mass is 282 g/mol. The molecule has 2 N–H and O–H groups in total. The third-order valence-electron chi connectivity index (χ3n) is 3.66. The molecule has 0 spiro atoms. The Balaban J connectivity index is 2.93. The highest BCUT2D eigenvalue weighted by Crippen LogP contribution is 2.25. The van der Waals surface area contributed by atoms with Crippen molar-refractivity contribution in [2.75, 3.05) is 7.11 Å². The highest BCUT2D eigenvalue weighted by Gasteiger charge is 2.34. The van der Waals surface area contributed by atoms with Gasteiger partial charge in [0.25, 0.3) is 5.69 Å². The fourth-order valence-electron chi connectivity index (χ4n) is 1.51. The zero-order valence-electron chi connectivity index (χ0n) is 12.6. The zero-order valence-corrected chi connectivity index (χ0v) is 12.6. The van der Waals surface area contributed by atoms with Crippen molar-refractivity contribution in [3.05, 3.63) is 33.9 Å². The van der Waals surface area contributed by atoms with Crippen LogP contribution in [-0.2, 0) is 6.54 Å². The molecule has 0 saturated carbocycles. The fraction of sp³-hybridized carbons (Fsp3) is 0.571. The van der Waals surface area contributed by atoms with E-state index in [0.29, 0.717) is 12.3 Å². The molecular formula is C14H22N2O4. The minimum Gasteiger partial charge on any atom is -0.496 e. The van der Waals surface area contributed by atoms with Crippen LogP contribution in [0.15, 0.2) is 18.2 Å². The number of non-ortho nitro benzene ring substituents is 1. The molecule has 0 radical (unpaired) electrons.